The fourth-order valence-corrected chi connectivity index (χ4v) is 0.913. The number of nitrogens with two attached hydrogens (primary N) is 1. The first-order valence-electron chi connectivity index (χ1n) is 5.05. The summed E-state index contributed by atoms with van der Waals surface area (Å²) in [7, 11) is 0. The number of amides is 2. The van der Waals surface area contributed by atoms with Gasteiger partial charge in [-0.25, -0.2) is 14.4 Å². The molecule has 0 saturated heterocycles. The van der Waals surface area contributed by atoms with E-state index in [4.69, 9.17) is 21.2 Å². The van der Waals surface area contributed by atoms with Crippen LogP contribution in [0.5, 0.6) is 0 Å². The van der Waals surface area contributed by atoms with E-state index >= 15 is 0 Å². The summed E-state index contributed by atoms with van der Waals surface area (Å²) < 4.78 is 0. The summed E-state index contributed by atoms with van der Waals surface area (Å²) in [6, 6.07) is 7.79. The van der Waals surface area contributed by atoms with Crippen LogP contribution in [0.4, 0.5) is 10.5 Å². The zero-order valence-electron chi connectivity index (χ0n) is 10.1. The molecule has 0 atom stereocenters. The van der Waals surface area contributed by atoms with Gasteiger partial charge in [-0.15, -0.1) is 0 Å². The molecule has 0 spiro atoms. The fraction of sp³-hybridized carbons (Fsp3) is 0. The Bertz CT molecular complexity index is 541. The molecule has 0 aliphatic heterocycles. The van der Waals surface area contributed by atoms with Gasteiger partial charge in [0.05, 0.1) is 11.6 Å². The molecule has 0 radical (unpaired) electrons. The van der Waals surface area contributed by atoms with E-state index in [-0.39, 0.29) is 0 Å². The number of hydrogen-bond donors (Lipinski definition) is 4. The van der Waals surface area contributed by atoms with Gasteiger partial charge in [-0.1, -0.05) is 0 Å². The number of nitrogens with one attached hydrogen (secondary N) is 1. The first-order chi connectivity index (χ1) is 9.35. The smallest absolute Gasteiger partial charge is 0.328 e. The van der Waals surface area contributed by atoms with Crippen LogP contribution in [-0.2, 0) is 9.59 Å². The van der Waals surface area contributed by atoms with Gasteiger partial charge in [-0.05, 0) is 24.3 Å². The lowest BCUT2D eigenvalue weighted by atomic mass is 10.2. The highest BCUT2D eigenvalue weighted by Gasteiger charge is 1.94. The lowest BCUT2D eigenvalue weighted by Gasteiger charge is -1.99. The van der Waals surface area contributed by atoms with Crippen molar-refractivity contribution < 1.29 is 24.6 Å². The Kier molecular flexibility index (Phi) is 7.25. The molecule has 0 aromatic heterocycles. The molecule has 2 amide bonds. The van der Waals surface area contributed by atoms with Gasteiger partial charge in [0, 0.05) is 17.8 Å². The Morgan fingerprint density at radius 3 is 1.85 bits per heavy atom. The van der Waals surface area contributed by atoms with E-state index in [1.807, 2.05) is 6.07 Å². The van der Waals surface area contributed by atoms with Crippen molar-refractivity contribution in [1.82, 2.24) is 0 Å². The van der Waals surface area contributed by atoms with Crippen LogP contribution in [0.1, 0.15) is 5.56 Å². The Morgan fingerprint density at radius 2 is 1.55 bits per heavy atom. The molecule has 20 heavy (non-hydrogen) atoms. The summed E-state index contributed by atoms with van der Waals surface area (Å²) in [5.41, 5.74) is 6.01. The molecule has 8 heteroatoms. The molecule has 1 aromatic rings. The van der Waals surface area contributed by atoms with E-state index in [0.717, 1.165) is 0 Å². The number of anilines is 1. The maximum atomic E-state index is 10.4. The molecule has 0 fully saturated rings. The second kappa shape index (κ2) is 8.71. The number of aliphatic carboxylic acids is 2. The van der Waals surface area contributed by atoms with Crippen LogP contribution in [0, 0.1) is 11.3 Å². The number of carbonyl (C=O) groups is 3. The standard InChI is InChI=1S/C8H7N3O.C4H4O4/c9-5-6-1-3-7(4-2-6)11-8(10)12;5-3(6)1-2-4(7)8/h1-4H,(H3,10,11,12);1-2H,(H,5,6)(H,7,8)/b;2-1-. The Balaban J connectivity index is 0.000000396. The lowest BCUT2D eigenvalue weighted by molar-refractivity contribution is -0.134. The van der Waals surface area contributed by atoms with E-state index in [1.54, 1.807) is 24.3 Å². The average Bonchev–Trinajstić information content (AvgIpc) is 2.37. The second-order valence-electron chi connectivity index (χ2n) is 3.19. The third kappa shape index (κ3) is 8.77. The molecule has 1 aromatic carbocycles. The van der Waals surface area contributed by atoms with E-state index < -0.39 is 18.0 Å². The van der Waals surface area contributed by atoms with Crippen LogP contribution in [0.25, 0.3) is 0 Å². The molecule has 1 rings (SSSR count). The zero-order chi connectivity index (χ0) is 15.5. The van der Waals surface area contributed by atoms with Crippen LogP contribution in [0.2, 0.25) is 0 Å². The second-order valence-corrected chi connectivity index (χ2v) is 3.19. The SMILES string of the molecule is N#Cc1ccc(NC(N)=O)cc1.O=C(O)/C=C\C(=O)O. The molecule has 0 aliphatic rings. The van der Waals surface area contributed by atoms with Gasteiger partial charge in [0.15, 0.2) is 0 Å². The molecule has 104 valence electrons. The highest BCUT2D eigenvalue weighted by molar-refractivity contribution is 5.89. The number of rotatable bonds is 3. The molecule has 0 bridgehead atoms. The van der Waals surface area contributed by atoms with Crippen molar-refractivity contribution in [3.8, 4) is 6.07 Å². The highest BCUT2D eigenvalue weighted by Crippen LogP contribution is 2.07. The largest absolute Gasteiger partial charge is 0.478 e. The van der Waals surface area contributed by atoms with E-state index in [9.17, 15) is 14.4 Å². The summed E-state index contributed by atoms with van der Waals surface area (Å²) in [4.78, 5) is 29.5. The van der Waals surface area contributed by atoms with Gasteiger partial charge in [0.2, 0.25) is 0 Å². The minimum Gasteiger partial charge on any atom is -0.478 e. The Morgan fingerprint density at radius 1 is 1.10 bits per heavy atom. The molecule has 8 nitrogen and oxygen atoms in total. The van der Waals surface area contributed by atoms with E-state index in [0.29, 0.717) is 23.4 Å². The molecule has 0 aliphatic carbocycles. The van der Waals surface area contributed by atoms with E-state index in [1.165, 1.54) is 0 Å². The normalized spacial score (nSPS) is 8.95. The molecule has 0 saturated carbocycles. The van der Waals surface area contributed by atoms with Gasteiger partial charge in [-0.2, -0.15) is 5.26 Å². The molecule has 0 unspecified atom stereocenters. The fourth-order valence-electron chi connectivity index (χ4n) is 0.913. The number of benzene rings is 1. The predicted molar refractivity (Wildman–Crippen MR) is 68.8 cm³/mol. The van der Waals surface area contributed by atoms with Crippen molar-refractivity contribution in [2.75, 3.05) is 5.32 Å². The number of nitrogens with zero attached hydrogens (tertiary/aromatic N) is 1. The van der Waals surface area contributed by atoms with Gasteiger partial charge >= 0.3 is 18.0 Å². The van der Waals surface area contributed by atoms with Crippen LogP contribution >= 0.6 is 0 Å². The quantitative estimate of drug-likeness (QED) is 0.598. The topological polar surface area (TPSA) is 154 Å². The monoisotopic (exact) mass is 277 g/mol. The van der Waals surface area contributed by atoms with Crippen molar-refractivity contribution in [2.24, 2.45) is 5.73 Å². The number of carboxylic acids is 2. The van der Waals surface area contributed by atoms with E-state index in [2.05, 4.69) is 5.32 Å². The van der Waals surface area contributed by atoms with Crippen LogP contribution in [0.3, 0.4) is 0 Å². The molecule has 5 N–H and O–H groups in total. The van der Waals surface area contributed by atoms with Gasteiger partial charge in [0.25, 0.3) is 0 Å². The number of urea groups is 1. The van der Waals surface area contributed by atoms with Gasteiger partial charge in [-0.3, -0.25) is 0 Å². The van der Waals surface area contributed by atoms with Crippen LogP contribution in [0.15, 0.2) is 36.4 Å². The molecule has 0 heterocycles. The van der Waals surface area contributed by atoms with Crippen molar-refractivity contribution >= 4 is 23.7 Å². The molecular weight excluding hydrogens is 266 g/mol. The first-order valence-corrected chi connectivity index (χ1v) is 5.05. The maximum Gasteiger partial charge on any atom is 0.328 e. The summed E-state index contributed by atoms with van der Waals surface area (Å²) in [6.07, 6.45) is 1.12. The maximum absolute atomic E-state index is 10.4. The van der Waals surface area contributed by atoms with Crippen molar-refractivity contribution in [2.45, 2.75) is 0 Å². The van der Waals surface area contributed by atoms with Crippen molar-refractivity contribution in [3.05, 3.63) is 42.0 Å². The summed E-state index contributed by atoms with van der Waals surface area (Å²) in [5, 5.41) is 26.5. The van der Waals surface area contributed by atoms with Crippen LogP contribution in [-0.4, -0.2) is 28.2 Å². The number of hydrogen-bond acceptors (Lipinski definition) is 4. The van der Waals surface area contributed by atoms with Crippen molar-refractivity contribution in [1.29, 1.82) is 5.26 Å². The number of carboxylic acid groups (broad SMARTS) is 2. The summed E-state index contributed by atoms with van der Waals surface area (Å²) in [5.74, 6) is -2.51. The minimum absolute atomic E-state index is 0.546. The Hall–Kier alpha value is -3.34. The number of nitriles is 1. The average molecular weight is 277 g/mol. The third-order valence-electron chi connectivity index (χ3n) is 1.65. The number of carbonyl (C=O) groups excluding carboxylic acids is 1. The highest BCUT2D eigenvalue weighted by atomic mass is 16.4. The predicted octanol–water partition coefficient (Wildman–Crippen LogP) is 0.761. The minimum atomic E-state index is -1.26. The van der Waals surface area contributed by atoms with Gasteiger partial charge < -0.3 is 21.3 Å². The third-order valence-corrected chi connectivity index (χ3v) is 1.65. The van der Waals surface area contributed by atoms with Crippen molar-refractivity contribution in [3.63, 3.8) is 0 Å². The summed E-state index contributed by atoms with van der Waals surface area (Å²) >= 11 is 0. The van der Waals surface area contributed by atoms with Crippen LogP contribution < -0.4 is 11.1 Å². The molecular formula is C12H11N3O5. The zero-order valence-corrected chi connectivity index (χ0v) is 10.1. The lowest BCUT2D eigenvalue weighted by Crippen LogP contribution is -2.19. The van der Waals surface area contributed by atoms with Gasteiger partial charge in [0.1, 0.15) is 0 Å². The first kappa shape index (κ1) is 16.7. The summed E-state index contributed by atoms with van der Waals surface area (Å²) in [6.45, 7) is 0. The number of primary amides is 1. The Labute approximate surface area is 113 Å².